The number of rotatable bonds is 5. The number of morpholine rings is 1. The van der Waals surface area contributed by atoms with Gasteiger partial charge >= 0.3 is 0 Å². The third-order valence-corrected chi connectivity index (χ3v) is 3.98. The van der Waals surface area contributed by atoms with Gasteiger partial charge in [0, 0.05) is 32.7 Å². The lowest BCUT2D eigenvalue weighted by atomic mass is 10.2. The molecule has 1 fully saturated rings. The number of hydrogen-bond donors (Lipinski definition) is 3. The lowest BCUT2D eigenvalue weighted by molar-refractivity contribution is 0.0368. The summed E-state index contributed by atoms with van der Waals surface area (Å²) in [4.78, 5) is 14.1. The molecule has 1 aliphatic heterocycles. The molecule has 1 amide bonds. The molecular formula is C12H21N5O2S. The van der Waals surface area contributed by atoms with Gasteiger partial charge in [0.25, 0.3) is 5.91 Å². The molecule has 0 spiro atoms. The monoisotopic (exact) mass is 299 g/mol. The number of nitrogen functional groups attached to an aromatic ring is 1. The second-order valence-electron chi connectivity index (χ2n) is 4.81. The fraction of sp³-hybridized carbons (Fsp3) is 0.667. The minimum absolute atomic E-state index is 0.205. The number of anilines is 2. The van der Waals surface area contributed by atoms with Crippen molar-refractivity contribution in [3.05, 3.63) is 5.56 Å². The first-order valence-corrected chi connectivity index (χ1v) is 7.43. The Morgan fingerprint density at radius 1 is 1.55 bits per heavy atom. The van der Waals surface area contributed by atoms with Gasteiger partial charge < -0.3 is 21.1 Å². The second kappa shape index (κ2) is 6.87. The van der Waals surface area contributed by atoms with Crippen molar-refractivity contribution in [2.45, 2.75) is 13.0 Å². The summed E-state index contributed by atoms with van der Waals surface area (Å²) in [5, 5.41) is 6.64. The molecule has 1 atom stereocenters. The minimum Gasteiger partial charge on any atom is -0.382 e. The Bertz CT molecular complexity index is 459. The van der Waals surface area contributed by atoms with Gasteiger partial charge in [0.1, 0.15) is 10.6 Å². The summed E-state index contributed by atoms with van der Waals surface area (Å²) in [5.74, 6) is 0.0627. The first kappa shape index (κ1) is 15.0. The Kier molecular flexibility index (Phi) is 5.16. The van der Waals surface area contributed by atoms with Gasteiger partial charge in [-0.25, -0.2) is 0 Å². The van der Waals surface area contributed by atoms with Crippen LogP contribution in [0.25, 0.3) is 0 Å². The average molecular weight is 299 g/mol. The van der Waals surface area contributed by atoms with Crippen molar-refractivity contribution >= 4 is 28.3 Å². The zero-order valence-corrected chi connectivity index (χ0v) is 12.6. The van der Waals surface area contributed by atoms with E-state index >= 15 is 0 Å². The van der Waals surface area contributed by atoms with Gasteiger partial charge in [-0.15, -0.1) is 0 Å². The number of nitrogens with two attached hydrogens (primary N) is 1. The van der Waals surface area contributed by atoms with E-state index < -0.39 is 0 Å². The number of nitrogens with zero attached hydrogens (tertiary/aromatic N) is 2. The number of aromatic nitrogens is 1. The maximum absolute atomic E-state index is 11.8. The van der Waals surface area contributed by atoms with Crippen LogP contribution in [0.1, 0.15) is 17.3 Å². The molecule has 0 aromatic carbocycles. The highest BCUT2D eigenvalue weighted by Gasteiger charge is 2.20. The van der Waals surface area contributed by atoms with Gasteiger partial charge in [0.05, 0.1) is 13.2 Å². The van der Waals surface area contributed by atoms with Crippen molar-refractivity contribution in [1.29, 1.82) is 0 Å². The van der Waals surface area contributed by atoms with Crippen LogP contribution in [0.5, 0.6) is 0 Å². The molecular weight excluding hydrogens is 278 g/mol. The van der Waals surface area contributed by atoms with Gasteiger partial charge in [0.2, 0.25) is 0 Å². The van der Waals surface area contributed by atoms with Crippen molar-refractivity contribution in [3.8, 4) is 0 Å². The molecule has 1 aromatic rings. The first-order chi connectivity index (χ1) is 9.61. The predicted octanol–water partition coefficient (Wildman–Crippen LogP) is 0.217. The summed E-state index contributed by atoms with van der Waals surface area (Å²) < 4.78 is 9.38. The van der Waals surface area contributed by atoms with Crippen molar-refractivity contribution in [2.75, 3.05) is 50.9 Å². The van der Waals surface area contributed by atoms with E-state index in [0.29, 0.717) is 5.56 Å². The molecule has 1 aromatic heterocycles. The molecule has 0 saturated carbocycles. The van der Waals surface area contributed by atoms with E-state index in [-0.39, 0.29) is 17.8 Å². The normalized spacial score (nSPS) is 17.7. The van der Waals surface area contributed by atoms with E-state index in [1.54, 1.807) is 7.05 Å². The molecule has 2 heterocycles. The van der Waals surface area contributed by atoms with Gasteiger partial charge in [-0.05, 0) is 18.5 Å². The fourth-order valence-electron chi connectivity index (χ4n) is 2.19. The SMILES string of the molecule is CNC(=O)c1c(N)nsc1NC(C)CN1CCOCC1. The van der Waals surface area contributed by atoms with E-state index in [9.17, 15) is 4.79 Å². The Labute approximate surface area is 122 Å². The van der Waals surface area contributed by atoms with Gasteiger partial charge in [-0.3, -0.25) is 9.69 Å². The fourth-order valence-corrected chi connectivity index (χ4v) is 3.01. The van der Waals surface area contributed by atoms with E-state index in [0.717, 1.165) is 37.8 Å². The summed E-state index contributed by atoms with van der Waals surface area (Å²) in [6, 6.07) is 0.205. The maximum Gasteiger partial charge on any atom is 0.257 e. The van der Waals surface area contributed by atoms with Crippen LogP contribution in [0.3, 0.4) is 0 Å². The molecule has 20 heavy (non-hydrogen) atoms. The van der Waals surface area contributed by atoms with E-state index in [2.05, 4.69) is 26.8 Å². The quantitative estimate of drug-likeness (QED) is 0.720. The second-order valence-corrected chi connectivity index (χ2v) is 5.58. The number of carbonyl (C=O) groups is 1. The van der Waals surface area contributed by atoms with E-state index in [1.807, 2.05) is 0 Å². The largest absolute Gasteiger partial charge is 0.382 e. The van der Waals surface area contributed by atoms with Crippen molar-refractivity contribution in [3.63, 3.8) is 0 Å². The zero-order valence-electron chi connectivity index (χ0n) is 11.8. The van der Waals surface area contributed by atoms with Crippen LogP contribution in [-0.4, -0.2) is 61.1 Å². The highest BCUT2D eigenvalue weighted by atomic mass is 32.1. The first-order valence-electron chi connectivity index (χ1n) is 6.65. The number of amides is 1. The summed E-state index contributed by atoms with van der Waals surface area (Å²) in [6.45, 7) is 6.43. The van der Waals surface area contributed by atoms with Crippen LogP contribution >= 0.6 is 11.5 Å². The highest BCUT2D eigenvalue weighted by Crippen LogP contribution is 2.27. The Balaban J connectivity index is 1.96. The summed E-state index contributed by atoms with van der Waals surface area (Å²) in [7, 11) is 1.58. The van der Waals surface area contributed by atoms with Gasteiger partial charge in [-0.1, -0.05) is 0 Å². The molecule has 1 aliphatic rings. The highest BCUT2D eigenvalue weighted by molar-refractivity contribution is 7.11. The number of nitrogens with one attached hydrogen (secondary N) is 2. The third kappa shape index (κ3) is 3.59. The van der Waals surface area contributed by atoms with E-state index in [4.69, 9.17) is 10.5 Å². The number of hydrogen-bond acceptors (Lipinski definition) is 7. The molecule has 8 heteroatoms. The van der Waals surface area contributed by atoms with Crippen molar-refractivity contribution < 1.29 is 9.53 Å². The topological polar surface area (TPSA) is 92.5 Å². The number of carbonyl (C=O) groups excluding carboxylic acids is 1. The zero-order chi connectivity index (χ0) is 14.5. The lowest BCUT2D eigenvalue weighted by Gasteiger charge is -2.29. The summed E-state index contributed by atoms with van der Waals surface area (Å²) >= 11 is 1.22. The Morgan fingerprint density at radius 2 is 2.25 bits per heavy atom. The molecule has 1 saturated heterocycles. The van der Waals surface area contributed by atoms with Gasteiger partial charge in [0.15, 0.2) is 5.82 Å². The molecule has 0 bridgehead atoms. The Hall–Kier alpha value is -1.38. The molecule has 4 N–H and O–H groups in total. The average Bonchev–Trinajstić information content (AvgIpc) is 2.80. The number of ether oxygens (including phenoxy) is 1. The van der Waals surface area contributed by atoms with Crippen LogP contribution in [0.2, 0.25) is 0 Å². The van der Waals surface area contributed by atoms with E-state index in [1.165, 1.54) is 11.5 Å². The third-order valence-electron chi connectivity index (χ3n) is 3.19. The molecule has 0 radical (unpaired) electrons. The van der Waals surface area contributed by atoms with Crippen LogP contribution in [0.15, 0.2) is 0 Å². The summed E-state index contributed by atoms with van der Waals surface area (Å²) in [6.07, 6.45) is 0. The van der Waals surface area contributed by atoms with Gasteiger partial charge in [-0.2, -0.15) is 4.37 Å². The smallest absolute Gasteiger partial charge is 0.257 e. The molecule has 0 aliphatic carbocycles. The van der Waals surface area contributed by atoms with Crippen LogP contribution in [0.4, 0.5) is 10.8 Å². The standard InChI is InChI=1S/C12H21N5O2S/c1-8(7-17-3-5-19-6-4-17)15-12-9(11(18)14-2)10(13)16-20-12/h8,15H,3-7H2,1-2H3,(H2,13,16)(H,14,18). The molecule has 112 valence electrons. The minimum atomic E-state index is -0.211. The van der Waals surface area contributed by atoms with Crippen LogP contribution in [-0.2, 0) is 4.74 Å². The van der Waals surface area contributed by atoms with Crippen LogP contribution in [0, 0.1) is 0 Å². The Morgan fingerprint density at radius 3 is 2.90 bits per heavy atom. The molecule has 7 nitrogen and oxygen atoms in total. The van der Waals surface area contributed by atoms with Crippen molar-refractivity contribution in [2.24, 2.45) is 0 Å². The molecule has 2 rings (SSSR count). The van der Waals surface area contributed by atoms with Crippen molar-refractivity contribution in [1.82, 2.24) is 14.6 Å². The van der Waals surface area contributed by atoms with Crippen LogP contribution < -0.4 is 16.4 Å². The predicted molar refractivity (Wildman–Crippen MR) is 80.3 cm³/mol. The molecule has 1 unspecified atom stereocenters. The lowest BCUT2D eigenvalue weighted by Crippen LogP contribution is -2.42. The summed E-state index contributed by atoms with van der Waals surface area (Å²) in [5.41, 5.74) is 6.19. The maximum atomic E-state index is 11.8.